The Labute approximate surface area is 122 Å². The summed E-state index contributed by atoms with van der Waals surface area (Å²) >= 11 is 1.22. The second-order valence-corrected chi connectivity index (χ2v) is 5.40. The molecule has 5 N–H and O–H groups in total. The number of hydrogen-bond donors (Lipinski definition) is 4. The highest BCUT2D eigenvalue weighted by Crippen LogP contribution is 2.24. The molecule has 0 fully saturated rings. The summed E-state index contributed by atoms with van der Waals surface area (Å²) < 4.78 is 4.92. The van der Waals surface area contributed by atoms with Gasteiger partial charge in [-0.15, -0.1) is 0 Å². The Balaban J connectivity index is 2.43. The summed E-state index contributed by atoms with van der Waals surface area (Å²) in [5.41, 5.74) is 5.73. The zero-order chi connectivity index (χ0) is 15.0. The average Bonchev–Trinajstić information content (AvgIpc) is 2.76. The third-order valence-electron chi connectivity index (χ3n) is 2.53. The number of carbonyl (C=O) groups is 1. The molecule has 0 saturated carbocycles. The third-order valence-corrected chi connectivity index (χ3v) is 3.55. The number of nitrogens with zero attached hydrogens (tertiary/aromatic N) is 1. The SMILES string of the molecule is COCCNc1nc(N)c(C(=O)NCCCC(C)O)s1. The van der Waals surface area contributed by atoms with Crippen molar-refractivity contribution in [1.82, 2.24) is 10.3 Å². The molecule has 0 aliphatic carbocycles. The van der Waals surface area contributed by atoms with Gasteiger partial charge in [0, 0.05) is 20.2 Å². The maximum atomic E-state index is 11.9. The van der Waals surface area contributed by atoms with Crippen molar-refractivity contribution in [2.75, 3.05) is 37.9 Å². The average molecular weight is 302 g/mol. The van der Waals surface area contributed by atoms with Gasteiger partial charge in [-0.2, -0.15) is 0 Å². The lowest BCUT2D eigenvalue weighted by atomic mass is 10.2. The zero-order valence-corrected chi connectivity index (χ0v) is 12.6. The van der Waals surface area contributed by atoms with Crippen molar-refractivity contribution in [3.8, 4) is 0 Å². The second kappa shape index (κ2) is 8.72. The summed E-state index contributed by atoms with van der Waals surface area (Å²) in [6.07, 6.45) is 1.03. The van der Waals surface area contributed by atoms with Gasteiger partial charge in [0.05, 0.1) is 12.7 Å². The van der Waals surface area contributed by atoms with E-state index in [1.165, 1.54) is 11.3 Å². The maximum absolute atomic E-state index is 11.9. The molecule has 1 heterocycles. The van der Waals surface area contributed by atoms with Gasteiger partial charge in [-0.1, -0.05) is 11.3 Å². The number of amides is 1. The fourth-order valence-corrected chi connectivity index (χ4v) is 2.34. The van der Waals surface area contributed by atoms with E-state index in [2.05, 4.69) is 15.6 Å². The summed E-state index contributed by atoms with van der Waals surface area (Å²) in [6, 6.07) is 0. The van der Waals surface area contributed by atoms with Crippen molar-refractivity contribution in [3.05, 3.63) is 4.88 Å². The van der Waals surface area contributed by atoms with Crippen molar-refractivity contribution < 1.29 is 14.6 Å². The molecule has 0 saturated heterocycles. The quantitative estimate of drug-likeness (QED) is 0.499. The van der Waals surface area contributed by atoms with Gasteiger partial charge in [-0.05, 0) is 19.8 Å². The molecule has 1 rings (SSSR count). The lowest BCUT2D eigenvalue weighted by Crippen LogP contribution is -2.25. The molecule has 1 aromatic heterocycles. The van der Waals surface area contributed by atoms with Crippen molar-refractivity contribution in [2.45, 2.75) is 25.9 Å². The van der Waals surface area contributed by atoms with E-state index in [9.17, 15) is 4.79 Å². The van der Waals surface area contributed by atoms with E-state index in [1.54, 1.807) is 14.0 Å². The highest BCUT2D eigenvalue weighted by Gasteiger charge is 2.15. The van der Waals surface area contributed by atoms with Crippen molar-refractivity contribution in [1.29, 1.82) is 0 Å². The number of anilines is 2. The monoisotopic (exact) mass is 302 g/mol. The van der Waals surface area contributed by atoms with Crippen LogP contribution in [0.25, 0.3) is 0 Å². The van der Waals surface area contributed by atoms with Crippen LogP contribution in [0.5, 0.6) is 0 Å². The Bertz CT molecular complexity index is 423. The summed E-state index contributed by atoms with van der Waals surface area (Å²) in [5.74, 6) is -0.00618. The summed E-state index contributed by atoms with van der Waals surface area (Å²) in [4.78, 5) is 16.4. The number of aliphatic hydroxyl groups is 1. The lowest BCUT2D eigenvalue weighted by molar-refractivity contribution is 0.0954. The molecule has 0 spiro atoms. The zero-order valence-electron chi connectivity index (χ0n) is 11.8. The van der Waals surface area contributed by atoms with E-state index in [4.69, 9.17) is 15.6 Å². The number of carbonyl (C=O) groups excluding carboxylic acids is 1. The fraction of sp³-hybridized carbons (Fsp3) is 0.667. The van der Waals surface area contributed by atoms with Crippen molar-refractivity contribution in [2.24, 2.45) is 0 Å². The van der Waals surface area contributed by atoms with E-state index in [1.807, 2.05) is 0 Å². The van der Waals surface area contributed by atoms with Crippen molar-refractivity contribution >= 4 is 28.2 Å². The minimum absolute atomic E-state index is 0.225. The van der Waals surface area contributed by atoms with Crippen LogP contribution in [0, 0.1) is 0 Å². The van der Waals surface area contributed by atoms with Gasteiger partial charge in [0.25, 0.3) is 5.91 Å². The first-order valence-corrected chi connectivity index (χ1v) is 7.31. The molecule has 7 nitrogen and oxygen atoms in total. The molecular weight excluding hydrogens is 280 g/mol. The molecule has 0 aliphatic heterocycles. The molecular formula is C12H22N4O3S. The number of rotatable bonds is 9. The van der Waals surface area contributed by atoms with Gasteiger partial charge in [0.2, 0.25) is 0 Å². The molecule has 20 heavy (non-hydrogen) atoms. The molecule has 1 amide bonds. The summed E-state index contributed by atoms with van der Waals surface area (Å²) in [6.45, 7) is 3.40. The number of aliphatic hydroxyl groups excluding tert-OH is 1. The van der Waals surface area contributed by atoms with Crippen LogP contribution in [-0.2, 0) is 4.74 Å². The number of nitrogens with two attached hydrogens (primary N) is 1. The van der Waals surface area contributed by atoms with Crippen LogP contribution < -0.4 is 16.4 Å². The normalized spacial score (nSPS) is 12.2. The number of ether oxygens (including phenoxy) is 1. The molecule has 8 heteroatoms. The number of aromatic nitrogens is 1. The molecule has 0 aromatic carbocycles. The van der Waals surface area contributed by atoms with Crippen LogP contribution in [0.15, 0.2) is 0 Å². The highest BCUT2D eigenvalue weighted by atomic mass is 32.1. The van der Waals surface area contributed by atoms with E-state index >= 15 is 0 Å². The van der Waals surface area contributed by atoms with Gasteiger partial charge >= 0.3 is 0 Å². The molecule has 0 radical (unpaired) electrons. The predicted molar refractivity (Wildman–Crippen MR) is 80.1 cm³/mol. The predicted octanol–water partition coefficient (Wildman–Crippen LogP) is 0.674. The van der Waals surface area contributed by atoms with Crippen LogP contribution >= 0.6 is 11.3 Å². The standard InChI is InChI=1S/C12H22N4O3S/c1-8(17)4-3-5-14-11(18)9-10(13)16-12(20-9)15-6-7-19-2/h8,17H,3-7,13H2,1-2H3,(H,14,18)(H,15,16). The van der Waals surface area contributed by atoms with Gasteiger partial charge in [-0.3, -0.25) is 4.79 Å². The smallest absolute Gasteiger partial charge is 0.265 e. The van der Waals surface area contributed by atoms with Gasteiger partial charge in [0.1, 0.15) is 10.7 Å². The van der Waals surface area contributed by atoms with Crippen LogP contribution in [0.3, 0.4) is 0 Å². The Kier molecular flexibility index (Phi) is 7.27. The van der Waals surface area contributed by atoms with Crippen LogP contribution in [0.1, 0.15) is 29.4 Å². The molecule has 1 atom stereocenters. The van der Waals surface area contributed by atoms with E-state index in [0.717, 1.165) is 6.42 Å². The number of methoxy groups -OCH3 is 1. The fourth-order valence-electron chi connectivity index (χ4n) is 1.51. The number of nitrogens with one attached hydrogen (secondary N) is 2. The van der Waals surface area contributed by atoms with Gasteiger partial charge in [0.15, 0.2) is 5.13 Å². The molecule has 1 aromatic rings. The first kappa shape index (κ1) is 16.7. The van der Waals surface area contributed by atoms with Crippen LogP contribution in [0.2, 0.25) is 0 Å². The van der Waals surface area contributed by atoms with E-state index < -0.39 is 0 Å². The van der Waals surface area contributed by atoms with Gasteiger partial charge < -0.3 is 26.2 Å². The second-order valence-electron chi connectivity index (χ2n) is 4.40. The van der Waals surface area contributed by atoms with Crippen LogP contribution in [-0.4, -0.2) is 48.9 Å². The first-order chi connectivity index (χ1) is 9.54. The van der Waals surface area contributed by atoms with Crippen molar-refractivity contribution in [3.63, 3.8) is 0 Å². The van der Waals surface area contributed by atoms with Gasteiger partial charge in [-0.25, -0.2) is 4.98 Å². The third kappa shape index (κ3) is 5.72. The summed E-state index contributed by atoms with van der Waals surface area (Å²) in [5, 5.41) is 15.5. The number of nitrogen functional groups attached to an aromatic ring is 1. The number of thiazole rings is 1. The summed E-state index contributed by atoms with van der Waals surface area (Å²) in [7, 11) is 1.62. The van der Waals surface area contributed by atoms with E-state index in [-0.39, 0.29) is 17.8 Å². The largest absolute Gasteiger partial charge is 0.393 e. The maximum Gasteiger partial charge on any atom is 0.265 e. The first-order valence-electron chi connectivity index (χ1n) is 6.50. The van der Waals surface area contributed by atoms with Crippen LogP contribution in [0.4, 0.5) is 10.9 Å². The minimum Gasteiger partial charge on any atom is -0.393 e. The molecule has 0 aliphatic rings. The Morgan fingerprint density at radius 2 is 2.30 bits per heavy atom. The van der Waals surface area contributed by atoms with E-state index in [0.29, 0.717) is 36.1 Å². The Morgan fingerprint density at radius 3 is 2.95 bits per heavy atom. The lowest BCUT2D eigenvalue weighted by Gasteiger charge is -2.05. The highest BCUT2D eigenvalue weighted by molar-refractivity contribution is 7.18. The number of hydrogen-bond acceptors (Lipinski definition) is 7. The molecule has 1 unspecified atom stereocenters. The Morgan fingerprint density at radius 1 is 1.55 bits per heavy atom. The topological polar surface area (TPSA) is 110 Å². The Hall–Kier alpha value is -1.38. The minimum atomic E-state index is -0.350. The molecule has 0 bridgehead atoms. The molecule has 114 valence electrons.